The van der Waals surface area contributed by atoms with Crippen molar-refractivity contribution in [2.24, 2.45) is 5.92 Å². The van der Waals surface area contributed by atoms with Crippen LogP contribution in [0, 0.1) is 5.92 Å². The van der Waals surface area contributed by atoms with E-state index in [2.05, 4.69) is 9.97 Å². The number of nitrogens with zero attached hydrogens (tertiary/aromatic N) is 4. The maximum Gasteiger partial charge on any atom is 0.410 e. The van der Waals surface area contributed by atoms with Crippen molar-refractivity contribution in [3.63, 3.8) is 0 Å². The zero-order valence-corrected chi connectivity index (χ0v) is 15.9. The molecule has 0 aromatic carbocycles. The monoisotopic (exact) mass is 358 g/mol. The molecule has 0 N–H and O–H groups in total. The number of piperidine rings is 1. The first kappa shape index (κ1) is 18.4. The Morgan fingerprint density at radius 2 is 2.12 bits per heavy atom. The van der Waals surface area contributed by atoms with Gasteiger partial charge in [0.2, 0.25) is 0 Å². The van der Waals surface area contributed by atoms with Crippen LogP contribution in [0.15, 0.2) is 18.3 Å². The molecule has 1 fully saturated rings. The lowest BCUT2D eigenvalue weighted by Crippen LogP contribution is -2.43. The van der Waals surface area contributed by atoms with Gasteiger partial charge in [0.05, 0.1) is 0 Å². The quantitative estimate of drug-likeness (QED) is 0.787. The fraction of sp³-hybridized carbons (Fsp3) is 0.579. The van der Waals surface area contributed by atoms with Crippen molar-refractivity contribution in [2.45, 2.75) is 52.7 Å². The maximum atomic E-state index is 12.4. The summed E-state index contributed by atoms with van der Waals surface area (Å²) in [5.41, 5.74) is 0.931. The van der Waals surface area contributed by atoms with Crippen LogP contribution in [0.25, 0.3) is 11.2 Å². The summed E-state index contributed by atoms with van der Waals surface area (Å²) >= 11 is 0. The summed E-state index contributed by atoms with van der Waals surface area (Å²) in [6.45, 7) is 9.05. The highest BCUT2D eigenvalue weighted by Gasteiger charge is 2.29. The van der Waals surface area contributed by atoms with Crippen LogP contribution >= 0.6 is 0 Å². The topological polar surface area (TPSA) is 77.3 Å². The van der Waals surface area contributed by atoms with Gasteiger partial charge in [0.25, 0.3) is 0 Å². The number of Topliss-reactive ketones (excluding diaryl/α,β-unsaturated/α-hetero) is 1. The molecule has 3 rings (SSSR count). The van der Waals surface area contributed by atoms with Crippen molar-refractivity contribution >= 4 is 23.0 Å². The molecule has 3 heterocycles. The number of carbonyl (C=O) groups excluding carboxylic acids is 2. The van der Waals surface area contributed by atoms with Crippen molar-refractivity contribution in [2.75, 3.05) is 13.1 Å². The molecule has 1 atom stereocenters. The van der Waals surface area contributed by atoms with Gasteiger partial charge >= 0.3 is 6.09 Å². The first-order chi connectivity index (χ1) is 12.2. The summed E-state index contributed by atoms with van der Waals surface area (Å²) in [7, 11) is 0. The van der Waals surface area contributed by atoms with Crippen molar-refractivity contribution in [1.82, 2.24) is 19.4 Å². The van der Waals surface area contributed by atoms with E-state index in [1.54, 1.807) is 11.1 Å². The first-order valence-electron chi connectivity index (χ1n) is 9.05. The van der Waals surface area contributed by atoms with Gasteiger partial charge in [-0.05, 0) is 51.7 Å². The fourth-order valence-corrected chi connectivity index (χ4v) is 3.36. The van der Waals surface area contributed by atoms with Crippen LogP contribution in [-0.2, 0) is 11.3 Å². The Kier molecular flexibility index (Phi) is 4.98. The van der Waals surface area contributed by atoms with E-state index in [-0.39, 0.29) is 17.8 Å². The van der Waals surface area contributed by atoms with Gasteiger partial charge in [0, 0.05) is 32.8 Å². The Bertz CT molecular complexity index is 822. The van der Waals surface area contributed by atoms with Crippen molar-refractivity contribution in [3.05, 3.63) is 24.2 Å². The molecule has 0 saturated carbocycles. The molecule has 0 aliphatic carbocycles. The van der Waals surface area contributed by atoms with Gasteiger partial charge in [-0.15, -0.1) is 0 Å². The second-order valence-electron chi connectivity index (χ2n) is 7.88. The Morgan fingerprint density at radius 3 is 2.81 bits per heavy atom. The third-order valence-corrected chi connectivity index (χ3v) is 4.43. The minimum Gasteiger partial charge on any atom is -0.444 e. The van der Waals surface area contributed by atoms with Crippen LogP contribution in [0.5, 0.6) is 0 Å². The summed E-state index contributed by atoms with van der Waals surface area (Å²) in [5, 5.41) is 0. The van der Waals surface area contributed by atoms with Crippen LogP contribution in [0.3, 0.4) is 0 Å². The molecule has 2 aromatic heterocycles. The standard InChI is InChI=1S/C19H26N4O3/c1-13(24)16-21-15-8-5-9-20-17(15)23(16)12-14-7-6-10-22(11-14)18(25)26-19(2,3)4/h5,8-9,14H,6-7,10-12H2,1-4H3/t14-/m0/s1. The molecule has 1 saturated heterocycles. The van der Waals surface area contributed by atoms with Crippen LogP contribution in [0.1, 0.15) is 51.2 Å². The van der Waals surface area contributed by atoms with E-state index >= 15 is 0 Å². The molecule has 1 amide bonds. The van der Waals surface area contributed by atoms with E-state index in [1.165, 1.54) is 6.92 Å². The van der Waals surface area contributed by atoms with E-state index in [9.17, 15) is 9.59 Å². The zero-order valence-electron chi connectivity index (χ0n) is 15.9. The molecule has 0 unspecified atom stereocenters. The van der Waals surface area contributed by atoms with Gasteiger partial charge in [-0.3, -0.25) is 4.79 Å². The summed E-state index contributed by atoms with van der Waals surface area (Å²) in [6, 6.07) is 3.67. The number of hydrogen-bond acceptors (Lipinski definition) is 5. The first-order valence-corrected chi connectivity index (χ1v) is 9.05. The number of aromatic nitrogens is 3. The Balaban J connectivity index is 1.79. The van der Waals surface area contributed by atoms with Crippen LogP contribution in [0.2, 0.25) is 0 Å². The molecule has 26 heavy (non-hydrogen) atoms. The van der Waals surface area contributed by atoms with E-state index in [0.29, 0.717) is 31.1 Å². The number of ether oxygens (including phenoxy) is 1. The van der Waals surface area contributed by atoms with Gasteiger partial charge in [-0.25, -0.2) is 14.8 Å². The molecule has 2 aromatic rings. The summed E-state index contributed by atoms with van der Waals surface area (Å²) in [6.07, 6.45) is 3.34. The molecule has 140 valence electrons. The number of amides is 1. The second-order valence-corrected chi connectivity index (χ2v) is 7.88. The second kappa shape index (κ2) is 7.05. The van der Waals surface area contributed by atoms with Crippen LogP contribution in [0.4, 0.5) is 4.79 Å². The molecular weight excluding hydrogens is 332 g/mol. The minimum atomic E-state index is -0.504. The number of rotatable bonds is 3. The lowest BCUT2D eigenvalue weighted by Gasteiger charge is -2.34. The van der Waals surface area contributed by atoms with Gasteiger partial charge in [-0.1, -0.05) is 0 Å². The van der Waals surface area contributed by atoms with Gasteiger partial charge in [0.1, 0.15) is 11.1 Å². The number of fused-ring (bicyclic) bond motifs is 1. The normalized spacial score (nSPS) is 18.2. The molecule has 1 aliphatic heterocycles. The number of pyridine rings is 1. The Morgan fingerprint density at radius 1 is 1.35 bits per heavy atom. The van der Waals surface area contributed by atoms with Gasteiger partial charge in [0.15, 0.2) is 17.3 Å². The Hall–Kier alpha value is -2.44. The van der Waals surface area contributed by atoms with Crippen molar-refractivity contribution in [1.29, 1.82) is 0 Å². The lowest BCUT2D eigenvalue weighted by molar-refractivity contribution is 0.0157. The number of imidazole rings is 1. The highest BCUT2D eigenvalue weighted by Crippen LogP contribution is 2.23. The van der Waals surface area contributed by atoms with Crippen LogP contribution in [-0.4, -0.2) is 50.0 Å². The summed E-state index contributed by atoms with van der Waals surface area (Å²) < 4.78 is 7.38. The molecule has 0 bridgehead atoms. The fourth-order valence-electron chi connectivity index (χ4n) is 3.36. The highest BCUT2D eigenvalue weighted by molar-refractivity contribution is 5.94. The number of hydrogen-bond donors (Lipinski definition) is 0. The molecular formula is C19H26N4O3. The predicted molar refractivity (Wildman–Crippen MR) is 98.1 cm³/mol. The average molecular weight is 358 g/mol. The van der Waals surface area contributed by atoms with E-state index in [0.717, 1.165) is 18.4 Å². The van der Waals surface area contributed by atoms with Gasteiger partial charge < -0.3 is 14.2 Å². The SMILES string of the molecule is CC(=O)c1nc2cccnc2n1C[C@H]1CCCN(C(=O)OC(C)(C)C)C1. The number of ketones is 1. The van der Waals surface area contributed by atoms with E-state index in [4.69, 9.17) is 4.74 Å². The molecule has 1 aliphatic rings. The molecule has 7 nitrogen and oxygen atoms in total. The molecule has 0 radical (unpaired) electrons. The highest BCUT2D eigenvalue weighted by atomic mass is 16.6. The predicted octanol–water partition coefficient (Wildman–Crippen LogP) is 3.28. The number of carbonyl (C=O) groups is 2. The van der Waals surface area contributed by atoms with Crippen molar-refractivity contribution in [3.8, 4) is 0 Å². The third kappa shape index (κ3) is 4.03. The minimum absolute atomic E-state index is 0.0807. The Labute approximate surface area is 153 Å². The largest absolute Gasteiger partial charge is 0.444 e. The maximum absolute atomic E-state index is 12.4. The average Bonchev–Trinajstić information content (AvgIpc) is 2.93. The summed E-state index contributed by atoms with van der Waals surface area (Å²) in [5.74, 6) is 0.574. The third-order valence-electron chi connectivity index (χ3n) is 4.43. The van der Waals surface area contributed by atoms with Crippen LogP contribution < -0.4 is 0 Å². The van der Waals surface area contributed by atoms with E-state index in [1.807, 2.05) is 37.5 Å². The van der Waals surface area contributed by atoms with E-state index < -0.39 is 5.60 Å². The zero-order chi connectivity index (χ0) is 18.9. The van der Waals surface area contributed by atoms with Gasteiger partial charge in [-0.2, -0.15) is 0 Å². The number of likely N-dealkylation sites (tertiary alicyclic amines) is 1. The molecule has 7 heteroatoms. The summed E-state index contributed by atoms with van der Waals surface area (Å²) in [4.78, 5) is 35.0. The molecule has 0 spiro atoms. The smallest absolute Gasteiger partial charge is 0.410 e. The van der Waals surface area contributed by atoms with Crippen molar-refractivity contribution < 1.29 is 14.3 Å². The lowest BCUT2D eigenvalue weighted by atomic mass is 9.98.